The van der Waals surface area contributed by atoms with Crippen molar-refractivity contribution in [1.82, 2.24) is 0 Å². The third kappa shape index (κ3) is 5.30. The lowest BCUT2D eigenvalue weighted by molar-refractivity contribution is 0.484. The molecule has 0 N–H and O–H groups in total. The minimum absolute atomic E-state index is 0.861. The third-order valence-corrected chi connectivity index (χ3v) is 12.4. The van der Waals surface area contributed by atoms with Gasteiger partial charge in [0, 0.05) is 16.8 Å². The summed E-state index contributed by atoms with van der Waals surface area (Å²) in [6.07, 6.45) is 4.26. The zero-order valence-electron chi connectivity index (χ0n) is 23.9. The van der Waals surface area contributed by atoms with Crippen LogP contribution in [0.25, 0.3) is 0 Å². The SMILES string of the molecule is C/C=C\N1c2cccc(P(c3ccccc3)c3ccccc3)c2Oc2c1cccc2P(c1ccccc1)c1ccccc1. The minimum Gasteiger partial charge on any atom is -0.452 e. The Kier molecular flexibility index (Phi) is 7.89. The molecule has 6 aromatic carbocycles. The van der Waals surface area contributed by atoms with Gasteiger partial charge in [-0.2, -0.15) is 0 Å². The average molecular weight is 592 g/mol. The molecule has 43 heavy (non-hydrogen) atoms. The van der Waals surface area contributed by atoms with E-state index >= 15 is 0 Å². The highest BCUT2D eigenvalue weighted by Crippen LogP contribution is 2.51. The third-order valence-electron chi connectivity index (χ3n) is 7.51. The lowest BCUT2D eigenvalue weighted by atomic mass is 10.1. The van der Waals surface area contributed by atoms with Crippen molar-refractivity contribution in [2.24, 2.45) is 0 Å². The van der Waals surface area contributed by atoms with Crippen LogP contribution in [0.2, 0.25) is 0 Å². The second-order valence-corrected chi connectivity index (χ2v) is 14.6. The van der Waals surface area contributed by atoms with E-state index in [1.165, 1.54) is 31.8 Å². The van der Waals surface area contributed by atoms with E-state index in [0.717, 1.165) is 22.9 Å². The van der Waals surface area contributed by atoms with Crippen LogP contribution in [-0.4, -0.2) is 0 Å². The van der Waals surface area contributed by atoms with E-state index in [4.69, 9.17) is 4.74 Å². The minimum atomic E-state index is -0.861. The van der Waals surface area contributed by atoms with Gasteiger partial charge in [0.05, 0.1) is 11.4 Å². The average Bonchev–Trinajstić information content (AvgIpc) is 3.07. The van der Waals surface area contributed by atoms with Gasteiger partial charge in [-0.1, -0.05) is 140 Å². The number of anilines is 2. The molecule has 0 fully saturated rings. The van der Waals surface area contributed by atoms with E-state index in [2.05, 4.69) is 182 Å². The summed E-state index contributed by atoms with van der Waals surface area (Å²) in [5, 5.41) is 7.62. The molecule has 1 aliphatic rings. The number of ether oxygens (including phenoxy) is 1. The first kappa shape index (κ1) is 27.4. The van der Waals surface area contributed by atoms with Crippen molar-refractivity contribution in [3.8, 4) is 11.5 Å². The summed E-state index contributed by atoms with van der Waals surface area (Å²) >= 11 is 0. The van der Waals surface area contributed by atoms with Crippen LogP contribution in [0.1, 0.15) is 6.92 Å². The zero-order chi connectivity index (χ0) is 29.0. The number of hydrogen-bond donors (Lipinski definition) is 0. The molecule has 0 radical (unpaired) electrons. The van der Waals surface area contributed by atoms with E-state index in [1.807, 2.05) is 0 Å². The molecule has 0 aromatic heterocycles. The van der Waals surface area contributed by atoms with Gasteiger partial charge in [-0.25, -0.2) is 0 Å². The molecule has 0 unspecified atom stereocenters. The highest BCUT2D eigenvalue weighted by atomic mass is 31.1. The van der Waals surface area contributed by atoms with Crippen molar-refractivity contribution < 1.29 is 4.74 Å². The van der Waals surface area contributed by atoms with Crippen LogP contribution < -0.4 is 41.5 Å². The smallest absolute Gasteiger partial charge is 0.159 e. The molecule has 6 aromatic rings. The molecule has 1 aliphatic heterocycles. The maximum Gasteiger partial charge on any atom is 0.159 e. The van der Waals surface area contributed by atoms with Crippen molar-refractivity contribution in [3.05, 3.63) is 170 Å². The summed E-state index contributed by atoms with van der Waals surface area (Å²) in [5.41, 5.74) is 2.12. The van der Waals surface area contributed by atoms with Gasteiger partial charge in [-0.05, 0) is 68.3 Å². The van der Waals surface area contributed by atoms with E-state index in [9.17, 15) is 0 Å². The summed E-state index contributed by atoms with van der Waals surface area (Å²) in [4.78, 5) is 2.30. The van der Waals surface area contributed by atoms with Gasteiger partial charge in [0.2, 0.25) is 0 Å². The Balaban J connectivity index is 1.46. The number of allylic oxidation sites excluding steroid dienone is 1. The molecule has 0 aliphatic carbocycles. The molecule has 0 bridgehead atoms. The van der Waals surface area contributed by atoms with Crippen molar-refractivity contribution >= 4 is 59.0 Å². The van der Waals surface area contributed by atoms with Crippen LogP contribution in [0.15, 0.2) is 170 Å². The van der Waals surface area contributed by atoms with Crippen LogP contribution in [0.4, 0.5) is 11.4 Å². The molecular weight excluding hydrogens is 560 g/mol. The Morgan fingerprint density at radius 3 is 1.12 bits per heavy atom. The van der Waals surface area contributed by atoms with Crippen molar-refractivity contribution in [2.75, 3.05) is 4.90 Å². The fourth-order valence-corrected chi connectivity index (χ4v) is 10.5. The van der Waals surface area contributed by atoms with Crippen molar-refractivity contribution in [2.45, 2.75) is 6.92 Å². The maximum atomic E-state index is 7.22. The van der Waals surface area contributed by atoms with Crippen LogP contribution in [-0.2, 0) is 0 Å². The van der Waals surface area contributed by atoms with Gasteiger partial charge in [0.1, 0.15) is 0 Å². The van der Waals surface area contributed by atoms with Crippen LogP contribution in [0.3, 0.4) is 0 Å². The number of fused-ring (bicyclic) bond motifs is 2. The van der Waals surface area contributed by atoms with Crippen molar-refractivity contribution in [1.29, 1.82) is 0 Å². The first-order valence-corrected chi connectivity index (χ1v) is 17.2. The highest BCUT2D eigenvalue weighted by molar-refractivity contribution is 7.80. The van der Waals surface area contributed by atoms with Gasteiger partial charge in [-0.3, -0.25) is 0 Å². The molecule has 2 nitrogen and oxygen atoms in total. The van der Waals surface area contributed by atoms with Gasteiger partial charge >= 0.3 is 0 Å². The molecule has 0 amide bonds. The standard InChI is InChI=1S/C39H31NOP2/c1-2-29-40-34-25-15-27-36(42(30-17-7-3-8-18-30)31-19-9-4-10-20-31)38(34)41-39-35(40)26-16-28-37(39)43(32-21-11-5-12-22-32)33-23-13-6-14-24-33/h2-29H,1H3/b29-2-. The van der Waals surface area contributed by atoms with Gasteiger partial charge in [0.25, 0.3) is 0 Å². The number of hydrogen-bond acceptors (Lipinski definition) is 2. The second kappa shape index (κ2) is 12.4. The fourth-order valence-electron chi connectivity index (χ4n) is 5.67. The topological polar surface area (TPSA) is 12.5 Å². The first-order valence-electron chi connectivity index (χ1n) is 14.5. The van der Waals surface area contributed by atoms with E-state index in [-0.39, 0.29) is 0 Å². The van der Waals surface area contributed by atoms with Gasteiger partial charge < -0.3 is 9.64 Å². The van der Waals surface area contributed by atoms with Crippen LogP contribution >= 0.6 is 15.8 Å². The monoisotopic (exact) mass is 591 g/mol. The predicted molar refractivity (Wildman–Crippen MR) is 187 cm³/mol. The van der Waals surface area contributed by atoms with Crippen molar-refractivity contribution in [3.63, 3.8) is 0 Å². The molecule has 0 saturated heterocycles. The second-order valence-electron chi connectivity index (χ2n) is 10.2. The number of benzene rings is 6. The zero-order valence-corrected chi connectivity index (χ0v) is 25.7. The molecule has 1 heterocycles. The lowest BCUT2D eigenvalue weighted by Gasteiger charge is -2.35. The Bertz CT molecular complexity index is 1650. The first-order chi connectivity index (χ1) is 21.3. The highest BCUT2D eigenvalue weighted by Gasteiger charge is 2.33. The molecule has 0 spiro atoms. The molecule has 208 valence electrons. The van der Waals surface area contributed by atoms with Gasteiger partial charge in [-0.15, -0.1) is 0 Å². The van der Waals surface area contributed by atoms with E-state index < -0.39 is 15.8 Å². The van der Waals surface area contributed by atoms with Gasteiger partial charge in [0.15, 0.2) is 11.5 Å². The Hall–Kier alpha value is -4.48. The molecule has 4 heteroatoms. The lowest BCUT2D eigenvalue weighted by Crippen LogP contribution is -2.28. The Labute approximate surface area is 256 Å². The largest absolute Gasteiger partial charge is 0.452 e. The van der Waals surface area contributed by atoms with Crippen LogP contribution in [0, 0.1) is 0 Å². The summed E-state index contributed by atoms with van der Waals surface area (Å²) in [5.74, 6) is 1.85. The summed E-state index contributed by atoms with van der Waals surface area (Å²) in [6.45, 7) is 2.07. The normalized spacial score (nSPS) is 12.3. The predicted octanol–water partition coefficient (Wildman–Crippen LogP) is 7.98. The maximum absolute atomic E-state index is 7.22. The summed E-state index contributed by atoms with van der Waals surface area (Å²) < 4.78 is 7.22. The molecule has 7 rings (SSSR count). The van der Waals surface area contributed by atoms with Crippen LogP contribution in [0.5, 0.6) is 11.5 Å². The van der Waals surface area contributed by atoms with E-state index in [0.29, 0.717) is 0 Å². The number of nitrogens with zero attached hydrogens (tertiary/aromatic N) is 1. The number of rotatable bonds is 7. The summed E-state index contributed by atoms with van der Waals surface area (Å²) in [6, 6.07) is 56.6. The molecule has 0 saturated carbocycles. The molecular formula is C39H31NOP2. The summed E-state index contributed by atoms with van der Waals surface area (Å²) in [7, 11) is -1.72. The molecule has 0 atom stereocenters. The fraction of sp³-hybridized carbons (Fsp3) is 0.0256. The quantitative estimate of drug-likeness (QED) is 0.175. The Morgan fingerprint density at radius 1 is 0.442 bits per heavy atom. The number of para-hydroxylation sites is 2. The van der Waals surface area contributed by atoms with E-state index in [1.54, 1.807) is 0 Å². The Morgan fingerprint density at radius 2 is 0.791 bits per heavy atom.